The number of amides is 2. The highest BCUT2D eigenvalue weighted by atomic mass is 19.4. The third-order valence-electron chi connectivity index (χ3n) is 8.76. The van der Waals surface area contributed by atoms with Gasteiger partial charge in [0.1, 0.15) is 0 Å². The summed E-state index contributed by atoms with van der Waals surface area (Å²) < 4.78 is 38.9. The second kappa shape index (κ2) is 14.9. The van der Waals surface area contributed by atoms with E-state index in [1.54, 1.807) is 0 Å². The fourth-order valence-electron chi connectivity index (χ4n) is 6.25. The van der Waals surface area contributed by atoms with Crippen LogP contribution in [0.3, 0.4) is 0 Å². The van der Waals surface area contributed by atoms with Crippen molar-refractivity contribution in [2.24, 2.45) is 5.92 Å². The fraction of sp³-hybridized carbons (Fsp3) is 0.429. The molecule has 6 nitrogen and oxygen atoms in total. The van der Waals surface area contributed by atoms with E-state index in [-0.39, 0.29) is 35.9 Å². The van der Waals surface area contributed by atoms with Gasteiger partial charge in [-0.1, -0.05) is 67.1 Å². The zero-order valence-electron chi connectivity index (χ0n) is 24.9. The molecule has 2 atom stereocenters. The Labute approximate surface area is 257 Å². The molecule has 9 heteroatoms. The summed E-state index contributed by atoms with van der Waals surface area (Å²) in [5.41, 5.74) is 1.62. The molecule has 0 aliphatic carbocycles. The maximum absolute atomic E-state index is 14.1. The smallest absolute Gasteiger partial charge is 0.352 e. The summed E-state index contributed by atoms with van der Waals surface area (Å²) in [5.74, 6) is -0.474. The minimum absolute atomic E-state index is 0.0235. The summed E-state index contributed by atoms with van der Waals surface area (Å²) in [6.45, 7) is 4.76. The Kier molecular flexibility index (Phi) is 10.7. The Hall–Kier alpha value is -3.69. The van der Waals surface area contributed by atoms with E-state index in [0.717, 1.165) is 42.9 Å². The van der Waals surface area contributed by atoms with E-state index in [4.69, 9.17) is 0 Å². The average molecular weight is 607 g/mol. The van der Waals surface area contributed by atoms with E-state index in [9.17, 15) is 22.8 Å². The summed E-state index contributed by atoms with van der Waals surface area (Å²) in [4.78, 5) is 31.4. The van der Waals surface area contributed by atoms with Crippen LogP contribution in [-0.2, 0) is 11.0 Å². The second-order valence-corrected chi connectivity index (χ2v) is 11.9. The van der Waals surface area contributed by atoms with Crippen LogP contribution in [0.5, 0.6) is 0 Å². The number of halogens is 3. The van der Waals surface area contributed by atoms with Crippen molar-refractivity contribution in [1.29, 1.82) is 0 Å². The van der Waals surface area contributed by atoms with Crippen molar-refractivity contribution in [3.8, 4) is 0 Å². The molecule has 0 spiro atoms. The fourth-order valence-corrected chi connectivity index (χ4v) is 6.25. The van der Waals surface area contributed by atoms with Crippen LogP contribution in [0, 0.1) is 5.92 Å². The van der Waals surface area contributed by atoms with Crippen LogP contribution < -0.4 is 10.6 Å². The highest BCUT2D eigenvalue weighted by molar-refractivity contribution is 5.94. The molecular formula is C35H41F3N4O2. The molecule has 5 rings (SSSR count). The quantitative estimate of drug-likeness (QED) is 0.317. The van der Waals surface area contributed by atoms with Crippen molar-refractivity contribution < 1.29 is 22.8 Å². The number of rotatable bonds is 10. The minimum Gasteiger partial charge on any atom is -0.352 e. The molecule has 3 aromatic rings. The molecule has 2 aliphatic rings. The molecule has 0 unspecified atom stereocenters. The number of alkyl halides is 3. The van der Waals surface area contributed by atoms with Gasteiger partial charge in [0.05, 0.1) is 11.6 Å². The second-order valence-electron chi connectivity index (χ2n) is 11.9. The molecular weight excluding hydrogens is 565 g/mol. The molecule has 0 radical (unpaired) electrons. The minimum atomic E-state index is -4.46. The number of piperidine rings is 1. The molecule has 2 saturated heterocycles. The van der Waals surface area contributed by atoms with Gasteiger partial charge in [-0.15, -0.1) is 0 Å². The number of nitrogens with zero attached hydrogens (tertiary/aromatic N) is 2. The van der Waals surface area contributed by atoms with Gasteiger partial charge < -0.3 is 20.4 Å². The van der Waals surface area contributed by atoms with Gasteiger partial charge in [0.25, 0.3) is 5.91 Å². The number of hydrogen-bond donors (Lipinski definition) is 2. The third kappa shape index (κ3) is 8.48. The topological polar surface area (TPSA) is 64.7 Å². The Morgan fingerprint density at radius 3 is 2.09 bits per heavy atom. The van der Waals surface area contributed by atoms with E-state index in [1.165, 1.54) is 31.4 Å². The Balaban J connectivity index is 1.32. The van der Waals surface area contributed by atoms with Crippen LogP contribution in [0.1, 0.15) is 58.6 Å². The van der Waals surface area contributed by atoms with Crippen LogP contribution in [0.25, 0.3) is 0 Å². The summed E-state index contributed by atoms with van der Waals surface area (Å²) in [6, 6.07) is 24.3. The molecule has 234 valence electrons. The SMILES string of the molecule is O=C(NC[C@@H]1CN[C@@H](CCN2CCCCC2)C(=O)N(CC(c2ccccc2)c2ccccc2)C1)c1ccc(C(F)(F)F)cc1. The van der Waals surface area contributed by atoms with Gasteiger partial charge in [-0.05, 0) is 67.7 Å². The van der Waals surface area contributed by atoms with Crippen molar-refractivity contribution >= 4 is 11.8 Å². The first-order valence-electron chi connectivity index (χ1n) is 15.6. The first-order chi connectivity index (χ1) is 21.3. The lowest BCUT2D eigenvalue weighted by Crippen LogP contribution is -2.47. The largest absolute Gasteiger partial charge is 0.416 e. The maximum Gasteiger partial charge on any atom is 0.416 e. The number of carbonyl (C=O) groups excluding carboxylic acids is 2. The number of likely N-dealkylation sites (tertiary alicyclic amines) is 1. The summed E-state index contributed by atoms with van der Waals surface area (Å²) in [5, 5.41) is 6.40. The summed E-state index contributed by atoms with van der Waals surface area (Å²) >= 11 is 0. The van der Waals surface area contributed by atoms with E-state index in [0.29, 0.717) is 26.1 Å². The van der Waals surface area contributed by atoms with Gasteiger partial charge in [0.2, 0.25) is 5.91 Å². The Morgan fingerprint density at radius 2 is 1.50 bits per heavy atom. The predicted molar refractivity (Wildman–Crippen MR) is 165 cm³/mol. The van der Waals surface area contributed by atoms with Crippen molar-refractivity contribution in [1.82, 2.24) is 20.4 Å². The highest BCUT2D eigenvalue weighted by Crippen LogP contribution is 2.29. The van der Waals surface area contributed by atoms with Gasteiger partial charge in [0, 0.05) is 50.1 Å². The lowest BCUT2D eigenvalue weighted by molar-refractivity contribution is -0.137. The normalized spacial score (nSPS) is 20.0. The van der Waals surface area contributed by atoms with Crippen LogP contribution in [-0.4, -0.2) is 73.5 Å². The molecule has 0 bridgehead atoms. The van der Waals surface area contributed by atoms with Gasteiger partial charge >= 0.3 is 6.18 Å². The van der Waals surface area contributed by atoms with Crippen LogP contribution in [0.4, 0.5) is 13.2 Å². The van der Waals surface area contributed by atoms with Gasteiger partial charge in [-0.3, -0.25) is 9.59 Å². The molecule has 0 saturated carbocycles. The summed E-state index contributed by atoms with van der Waals surface area (Å²) in [7, 11) is 0. The van der Waals surface area contributed by atoms with Crippen molar-refractivity contribution in [3.05, 3.63) is 107 Å². The van der Waals surface area contributed by atoms with E-state index >= 15 is 0 Å². The van der Waals surface area contributed by atoms with Crippen LogP contribution in [0.2, 0.25) is 0 Å². The summed E-state index contributed by atoms with van der Waals surface area (Å²) in [6.07, 6.45) is -0.116. The van der Waals surface area contributed by atoms with Gasteiger partial charge in [-0.2, -0.15) is 13.2 Å². The number of hydrogen-bond acceptors (Lipinski definition) is 4. The third-order valence-corrected chi connectivity index (χ3v) is 8.76. The molecule has 2 N–H and O–H groups in total. The van der Waals surface area contributed by atoms with E-state index in [1.807, 2.05) is 41.3 Å². The van der Waals surface area contributed by atoms with E-state index < -0.39 is 17.6 Å². The van der Waals surface area contributed by atoms with Crippen molar-refractivity contribution in [2.45, 2.75) is 43.8 Å². The molecule has 2 amide bonds. The molecule has 3 aromatic carbocycles. The van der Waals surface area contributed by atoms with Crippen molar-refractivity contribution in [3.63, 3.8) is 0 Å². The van der Waals surface area contributed by atoms with Gasteiger partial charge in [0.15, 0.2) is 0 Å². The zero-order valence-corrected chi connectivity index (χ0v) is 24.9. The molecule has 2 fully saturated rings. The predicted octanol–water partition coefficient (Wildman–Crippen LogP) is 5.56. The number of benzene rings is 3. The number of carbonyl (C=O) groups is 2. The first-order valence-corrected chi connectivity index (χ1v) is 15.6. The molecule has 2 aliphatic heterocycles. The van der Waals surface area contributed by atoms with E-state index in [2.05, 4.69) is 39.8 Å². The average Bonchev–Trinajstić information content (AvgIpc) is 3.20. The zero-order chi connectivity index (χ0) is 30.9. The Bertz CT molecular complexity index is 1310. The lowest BCUT2D eigenvalue weighted by atomic mass is 9.90. The standard InChI is InChI=1S/C35H41F3N4O2/c36-35(37,38)30-16-14-29(15-17-30)33(43)40-23-26-22-39-32(18-21-41-19-8-3-9-20-41)34(44)42(24-26)25-31(27-10-4-1-5-11-27)28-12-6-2-7-13-28/h1-2,4-7,10-17,26,31-32,39H,3,8-9,18-25H2,(H,40,43)/t26-,32-/m0/s1. The van der Waals surface area contributed by atoms with Gasteiger partial charge in [-0.25, -0.2) is 0 Å². The Morgan fingerprint density at radius 1 is 0.886 bits per heavy atom. The van der Waals surface area contributed by atoms with Crippen molar-refractivity contribution in [2.75, 3.05) is 45.8 Å². The molecule has 0 aromatic heterocycles. The monoisotopic (exact) mass is 606 g/mol. The molecule has 2 heterocycles. The maximum atomic E-state index is 14.1. The number of nitrogens with one attached hydrogen (secondary N) is 2. The van der Waals surface area contributed by atoms with Crippen LogP contribution >= 0.6 is 0 Å². The lowest BCUT2D eigenvalue weighted by Gasteiger charge is -2.32. The first kappa shape index (κ1) is 31.7. The highest BCUT2D eigenvalue weighted by Gasteiger charge is 2.34. The molecule has 44 heavy (non-hydrogen) atoms. The van der Waals surface area contributed by atoms with Crippen LogP contribution in [0.15, 0.2) is 84.9 Å².